The van der Waals surface area contributed by atoms with Crippen LogP contribution in [0.2, 0.25) is 0 Å². The summed E-state index contributed by atoms with van der Waals surface area (Å²) in [7, 11) is 2.34. The maximum absolute atomic E-state index is 13.3. The third-order valence-corrected chi connectivity index (χ3v) is 11.9. The summed E-state index contributed by atoms with van der Waals surface area (Å²) in [4.78, 5) is 25.6. The molecule has 0 spiro atoms. The largest absolute Gasteiger partial charge is 0.494 e. The van der Waals surface area contributed by atoms with Crippen molar-refractivity contribution in [2.75, 3.05) is 24.9 Å². The first kappa shape index (κ1) is 54.0. The summed E-state index contributed by atoms with van der Waals surface area (Å²) in [6, 6.07) is 14.0. The van der Waals surface area contributed by atoms with Gasteiger partial charge in [0.2, 0.25) is 0 Å². The van der Waals surface area contributed by atoms with Crippen LogP contribution in [-0.4, -0.2) is 71.1 Å². The highest BCUT2D eigenvalue weighted by Crippen LogP contribution is 2.45. The first-order valence-corrected chi connectivity index (χ1v) is 21.1. The quantitative estimate of drug-likeness (QED) is 0.0804. The standard InChI is InChI=1S/2C24H29F3N2O4.CH4/c2*1-12-7-6-8-14-15(12)11-17(19(14)30)28-22(32)29-18-10-13(23(2,3)4)9-16(20(18)33-5)21(31)24(25,26)27;/h2*6-10,17,19,21,30-31H,11H2,1-5H3,(H2,28,29,32);1H4/t17-,19+,21+;17-,19+,21-;/m11./s1. The average molecular weight is 949 g/mol. The second-order valence-corrected chi connectivity index (χ2v) is 18.7. The number of methoxy groups -OCH3 is 2. The summed E-state index contributed by atoms with van der Waals surface area (Å²) < 4.78 is 90.2. The van der Waals surface area contributed by atoms with Crippen LogP contribution in [0.4, 0.5) is 47.3 Å². The molecule has 2 aliphatic carbocycles. The molecule has 0 aliphatic heterocycles. The number of aliphatic hydroxyl groups is 4. The van der Waals surface area contributed by atoms with E-state index in [0.29, 0.717) is 24.0 Å². The fourth-order valence-electron chi connectivity index (χ4n) is 8.14. The topological polar surface area (TPSA) is 182 Å². The van der Waals surface area contributed by atoms with Crippen LogP contribution in [0, 0.1) is 13.8 Å². The summed E-state index contributed by atoms with van der Waals surface area (Å²) >= 11 is 0. The number of rotatable bonds is 8. The third-order valence-electron chi connectivity index (χ3n) is 11.9. The molecular formula is C49H62F6N4O8. The third kappa shape index (κ3) is 12.1. The Hall–Kier alpha value is -5.56. The number of hydrogen-bond donors (Lipinski definition) is 8. The summed E-state index contributed by atoms with van der Waals surface area (Å²) in [5.41, 5.74) is 4.20. The van der Waals surface area contributed by atoms with Crippen molar-refractivity contribution in [1.82, 2.24) is 10.6 Å². The molecule has 67 heavy (non-hydrogen) atoms. The molecule has 4 aromatic carbocycles. The van der Waals surface area contributed by atoms with Gasteiger partial charge in [-0.05, 0) is 106 Å². The average Bonchev–Trinajstić information content (AvgIpc) is 3.71. The van der Waals surface area contributed by atoms with Crippen LogP contribution in [0.1, 0.15) is 129 Å². The Morgan fingerprint density at radius 3 is 1.21 bits per heavy atom. The Kier molecular flexibility index (Phi) is 16.4. The smallest absolute Gasteiger partial charge is 0.418 e. The van der Waals surface area contributed by atoms with Crippen LogP contribution >= 0.6 is 0 Å². The van der Waals surface area contributed by atoms with Gasteiger partial charge < -0.3 is 51.2 Å². The molecule has 0 radical (unpaired) electrons. The molecule has 0 heterocycles. The van der Waals surface area contributed by atoms with Gasteiger partial charge in [-0.3, -0.25) is 0 Å². The Morgan fingerprint density at radius 2 is 0.940 bits per heavy atom. The van der Waals surface area contributed by atoms with Crippen LogP contribution in [0.15, 0.2) is 60.7 Å². The normalized spacial score (nSPS) is 18.8. The number of aryl methyl sites for hydroxylation is 2. The zero-order valence-electron chi connectivity index (χ0n) is 38.3. The van der Waals surface area contributed by atoms with Crippen molar-refractivity contribution in [1.29, 1.82) is 0 Å². The molecule has 8 N–H and O–H groups in total. The van der Waals surface area contributed by atoms with E-state index in [-0.39, 0.29) is 30.3 Å². The van der Waals surface area contributed by atoms with E-state index in [1.807, 2.05) is 38.1 Å². The minimum atomic E-state index is -4.92. The number of fused-ring (bicyclic) bond motifs is 2. The van der Waals surface area contributed by atoms with Gasteiger partial charge in [0.05, 0.1) is 49.9 Å². The molecule has 0 fully saturated rings. The molecule has 6 atom stereocenters. The number of urea groups is 2. The fourth-order valence-corrected chi connectivity index (χ4v) is 8.14. The number of benzene rings is 4. The molecule has 12 nitrogen and oxygen atoms in total. The summed E-state index contributed by atoms with van der Waals surface area (Å²) in [6.45, 7) is 14.7. The van der Waals surface area contributed by atoms with Crippen molar-refractivity contribution in [2.45, 2.75) is 135 Å². The fraction of sp³-hybridized carbons (Fsp3) is 0.469. The lowest BCUT2D eigenvalue weighted by atomic mass is 9.84. The van der Waals surface area contributed by atoms with Crippen molar-refractivity contribution in [2.24, 2.45) is 0 Å². The Bertz CT molecular complexity index is 2260. The minimum Gasteiger partial charge on any atom is -0.494 e. The maximum atomic E-state index is 13.3. The Morgan fingerprint density at radius 1 is 0.612 bits per heavy atom. The molecule has 6 rings (SSSR count). The molecule has 18 heteroatoms. The number of aliphatic hydroxyl groups excluding tert-OH is 4. The lowest BCUT2D eigenvalue weighted by Gasteiger charge is -2.26. The Labute approximate surface area is 387 Å². The van der Waals surface area contributed by atoms with Crippen molar-refractivity contribution in [3.8, 4) is 11.5 Å². The van der Waals surface area contributed by atoms with Gasteiger partial charge in [0.15, 0.2) is 12.2 Å². The summed E-state index contributed by atoms with van der Waals surface area (Å²) in [5.74, 6) is -0.567. The van der Waals surface area contributed by atoms with Gasteiger partial charge in [0, 0.05) is 11.1 Å². The lowest BCUT2D eigenvalue weighted by Crippen LogP contribution is -2.40. The zero-order valence-corrected chi connectivity index (χ0v) is 38.3. The molecule has 4 aromatic rings. The van der Waals surface area contributed by atoms with E-state index in [1.54, 1.807) is 53.7 Å². The highest BCUT2D eigenvalue weighted by molar-refractivity contribution is 5.93. The number of anilines is 2. The Balaban J connectivity index is 0.000000288. The van der Waals surface area contributed by atoms with E-state index in [4.69, 9.17) is 9.47 Å². The van der Waals surface area contributed by atoms with Crippen molar-refractivity contribution >= 4 is 23.4 Å². The van der Waals surface area contributed by atoms with Gasteiger partial charge in [0.25, 0.3) is 0 Å². The van der Waals surface area contributed by atoms with E-state index in [9.17, 15) is 56.4 Å². The van der Waals surface area contributed by atoms with Crippen LogP contribution in [-0.2, 0) is 23.7 Å². The van der Waals surface area contributed by atoms with E-state index in [2.05, 4.69) is 21.3 Å². The van der Waals surface area contributed by atoms with E-state index >= 15 is 0 Å². The molecule has 0 saturated carbocycles. The predicted octanol–water partition coefficient (Wildman–Crippen LogP) is 9.99. The van der Waals surface area contributed by atoms with Crippen LogP contribution in [0.25, 0.3) is 0 Å². The number of nitrogens with one attached hydrogen (secondary N) is 4. The highest BCUT2D eigenvalue weighted by Gasteiger charge is 2.44. The SMILES string of the molecule is C.COc1c(NC(=O)N[C@@H]2Cc3c(C)cccc3[C@@H]2O)cc(C(C)(C)C)cc1[C@@H](O)C(F)(F)F.COc1c(NC(=O)N[C@@H]2Cc3c(C)cccc3[C@@H]2O)cc(C(C)(C)C)cc1[C@H](O)C(F)(F)F. The molecule has 368 valence electrons. The minimum absolute atomic E-state index is 0. The number of halogens is 6. The monoisotopic (exact) mass is 948 g/mol. The molecular weight excluding hydrogens is 887 g/mol. The zero-order chi connectivity index (χ0) is 49.4. The van der Waals surface area contributed by atoms with Gasteiger partial charge in [-0.25, -0.2) is 9.59 Å². The number of hydrogen-bond acceptors (Lipinski definition) is 8. The summed E-state index contributed by atoms with van der Waals surface area (Å²) in [6.07, 6.45) is -16.4. The van der Waals surface area contributed by atoms with Gasteiger partial charge in [-0.2, -0.15) is 26.3 Å². The number of alkyl halides is 6. The van der Waals surface area contributed by atoms with Crippen molar-refractivity contribution < 1.29 is 65.8 Å². The maximum Gasteiger partial charge on any atom is 0.418 e. The van der Waals surface area contributed by atoms with E-state index < -0.39 is 82.9 Å². The van der Waals surface area contributed by atoms with E-state index in [0.717, 1.165) is 33.4 Å². The second kappa shape index (κ2) is 20.3. The number of ether oxygens (including phenoxy) is 2. The van der Waals surface area contributed by atoms with Crippen LogP contribution < -0.4 is 30.7 Å². The van der Waals surface area contributed by atoms with E-state index in [1.165, 1.54) is 38.5 Å². The molecule has 0 bridgehead atoms. The first-order chi connectivity index (χ1) is 30.5. The van der Waals surface area contributed by atoms with Crippen LogP contribution in [0.5, 0.6) is 11.5 Å². The number of amides is 4. The summed E-state index contributed by atoms with van der Waals surface area (Å²) in [5, 5.41) is 51.6. The predicted molar refractivity (Wildman–Crippen MR) is 244 cm³/mol. The molecule has 0 saturated heterocycles. The molecule has 0 aromatic heterocycles. The molecule has 0 unspecified atom stereocenters. The lowest BCUT2D eigenvalue weighted by molar-refractivity contribution is -0.207. The first-order valence-electron chi connectivity index (χ1n) is 21.1. The number of carbonyl (C=O) groups excluding carboxylic acids is 2. The van der Waals surface area contributed by atoms with Crippen LogP contribution in [0.3, 0.4) is 0 Å². The van der Waals surface area contributed by atoms with Crippen molar-refractivity contribution in [3.63, 3.8) is 0 Å². The van der Waals surface area contributed by atoms with Gasteiger partial charge in [-0.1, -0.05) is 85.4 Å². The highest BCUT2D eigenvalue weighted by atomic mass is 19.4. The van der Waals surface area contributed by atoms with Crippen molar-refractivity contribution in [3.05, 3.63) is 116 Å². The molecule has 2 aliphatic rings. The number of carbonyl (C=O) groups is 2. The van der Waals surface area contributed by atoms with Gasteiger partial charge in [-0.15, -0.1) is 0 Å². The molecule has 4 amide bonds. The van der Waals surface area contributed by atoms with Gasteiger partial charge >= 0.3 is 24.4 Å². The second-order valence-electron chi connectivity index (χ2n) is 18.7. The van der Waals surface area contributed by atoms with Gasteiger partial charge in [0.1, 0.15) is 11.5 Å².